The molecule has 0 aromatic carbocycles. The van der Waals surface area contributed by atoms with Crippen molar-refractivity contribution in [2.45, 2.75) is 456 Å². The molecule has 0 heterocycles. The molecule has 0 radical (unpaired) electrons. The van der Waals surface area contributed by atoms with E-state index in [4.69, 9.17) is 4.74 Å². The molecule has 2 atom stereocenters. The lowest BCUT2D eigenvalue weighted by atomic mass is 10.0. The monoisotopic (exact) mass is 1220 g/mol. The molecule has 0 aliphatic rings. The van der Waals surface area contributed by atoms with Crippen molar-refractivity contribution >= 4 is 11.9 Å². The van der Waals surface area contributed by atoms with Gasteiger partial charge in [-0.3, -0.25) is 9.59 Å². The van der Waals surface area contributed by atoms with Crippen LogP contribution in [0.1, 0.15) is 444 Å². The first-order chi connectivity index (χ1) is 43.0. The standard InChI is InChI=1S/C81H155NO5/c1-3-5-7-9-11-13-15-17-19-20-43-47-51-55-59-63-67-71-75-81(86)87-76-72-68-64-60-56-52-48-44-41-39-37-35-33-31-29-27-25-23-21-22-24-26-28-30-32-34-36-38-40-42-46-50-54-58-62-66-70-74-80(85)82-78(77-83)79(84)73-69-65-61-57-53-49-45-18-16-14-12-10-8-6-4-2/h21,23,27,29,69,73,78-79,83-84H,3-20,22,24-26,28,30-68,70-72,74-77H2,1-2H3,(H,82,85)/b23-21-,29-27-,73-69+. The number of unbranched alkanes of at least 4 members (excludes halogenated alkanes) is 60. The third-order valence-corrected chi connectivity index (χ3v) is 18.7. The van der Waals surface area contributed by atoms with Crippen LogP contribution in [0.15, 0.2) is 36.5 Å². The van der Waals surface area contributed by atoms with E-state index in [0.29, 0.717) is 19.4 Å². The number of aliphatic hydroxyl groups is 2. The second-order valence-electron chi connectivity index (χ2n) is 27.4. The number of hydrogen-bond acceptors (Lipinski definition) is 5. The molecule has 6 nitrogen and oxygen atoms in total. The summed E-state index contributed by atoms with van der Waals surface area (Å²) in [6, 6.07) is -0.626. The van der Waals surface area contributed by atoms with E-state index >= 15 is 0 Å². The fraction of sp³-hybridized carbons (Fsp3) is 0.901. The highest BCUT2D eigenvalue weighted by atomic mass is 16.5. The van der Waals surface area contributed by atoms with Gasteiger partial charge in [-0.1, -0.05) is 403 Å². The summed E-state index contributed by atoms with van der Waals surface area (Å²) in [6.07, 6.45) is 99.9. The Morgan fingerprint density at radius 2 is 0.575 bits per heavy atom. The zero-order valence-corrected chi connectivity index (χ0v) is 59.0. The van der Waals surface area contributed by atoms with Crippen LogP contribution in [0.3, 0.4) is 0 Å². The maximum absolute atomic E-state index is 12.5. The van der Waals surface area contributed by atoms with Gasteiger partial charge >= 0.3 is 5.97 Å². The van der Waals surface area contributed by atoms with E-state index in [9.17, 15) is 19.8 Å². The molecule has 2 unspecified atom stereocenters. The van der Waals surface area contributed by atoms with Crippen LogP contribution in [0.2, 0.25) is 0 Å². The first kappa shape index (κ1) is 85.1. The summed E-state index contributed by atoms with van der Waals surface area (Å²) < 4.78 is 5.52. The molecular weight excluding hydrogens is 1070 g/mol. The molecule has 0 saturated heterocycles. The molecular formula is C81H155NO5. The first-order valence-electron chi connectivity index (χ1n) is 39.8. The van der Waals surface area contributed by atoms with Gasteiger partial charge < -0.3 is 20.3 Å². The smallest absolute Gasteiger partial charge is 0.305 e. The van der Waals surface area contributed by atoms with E-state index in [-0.39, 0.29) is 18.5 Å². The van der Waals surface area contributed by atoms with Crippen LogP contribution in [0.25, 0.3) is 0 Å². The maximum Gasteiger partial charge on any atom is 0.305 e. The third-order valence-electron chi connectivity index (χ3n) is 18.7. The summed E-state index contributed by atoms with van der Waals surface area (Å²) in [5, 5.41) is 23.2. The molecule has 0 aliphatic carbocycles. The predicted octanol–water partition coefficient (Wildman–Crippen LogP) is 26.2. The van der Waals surface area contributed by atoms with Gasteiger partial charge in [-0.15, -0.1) is 0 Å². The summed E-state index contributed by atoms with van der Waals surface area (Å²) in [4.78, 5) is 24.6. The summed E-state index contributed by atoms with van der Waals surface area (Å²) in [5.74, 6) is -0.0389. The lowest BCUT2D eigenvalue weighted by Gasteiger charge is -2.20. The number of aliphatic hydroxyl groups excluding tert-OH is 2. The molecule has 0 rings (SSSR count). The van der Waals surface area contributed by atoms with Crippen molar-refractivity contribution in [1.82, 2.24) is 5.32 Å². The van der Waals surface area contributed by atoms with Crippen LogP contribution in [-0.4, -0.2) is 47.4 Å². The van der Waals surface area contributed by atoms with Crippen molar-refractivity contribution in [3.63, 3.8) is 0 Å². The van der Waals surface area contributed by atoms with Crippen molar-refractivity contribution in [2.75, 3.05) is 13.2 Å². The van der Waals surface area contributed by atoms with Crippen LogP contribution < -0.4 is 5.32 Å². The van der Waals surface area contributed by atoms with Crippen molar-refractivity contribution in [2.24, 2.45) is 0 Å². The number of nitrogens with one attached hydrogen (secondary N) is 1. The van der Waals surface area contributed by atoms with Gasteiger partial charge in [0.1, 0.15) is 0 Å². The van der Waals surface area contributed by atoms with Gasteiger partial charge in [-0.25, -0.2) is 0 Å². The van der Waals surface area contributed by atoms with Gasteiger partial charge in [0.25, 0.3) is 0 Å². The minimum absolute atomic E-state index is 0.0237. The zero-order valence-electron chi connectivity index (χ0n) is 59.0. The summed E-state index contributed by atoms with van der Waals surface area (Å²) >= 11 is 0. The Morgan fingerprint density at radius 3 is 0.874 bits per heavy atom. The fourth-order valence-electron chi connectivity index (χ4n) is 12.6. The quantitative estimate of drug-likeness (QED) is 0.0320. The van der Waals surface area contributed by atoms with Crippen LogP contribution in [0.4, 0.5) is 0 Å². The van der Waals surface area contributed by atoms with Crippen molar-refractivity contribution in [1.29, 1.82) is 0 Å². The molecule has 0 aromatic heterocycles. The Hall–Kier alpha value is -1.92. The molecule has 0 aliphatic heterocycles. The average Bonchev–Trinajstić information content (AvgIpc) is 3.53. The Balaban J connectivity index is 3.35. The Bertz CT molecular complexity index is 1410. The average molecular weight is 1220 g/mol. The maximum atomic E-state index is 12.5. The highest BCUT2D eigenvalue weighted by molar-refractivity contribution is 5.76. The lowest BCUT2D eigenvalue weighted by molar-refractivity contribution is -0.143. The molecule has 0 spiro atoms. The Morgan fingerprint density at radius 1 is 0.322 bits per heavy atom. The number of esters is 1. The van der Waals surface area contributed by atoms with Crippen LogP contribution in [-0.2, 0) is 14.3 Å². The number of ether oxygens (including phenoxy) is 1. The minimum atomic E-state index is -0.842. The van der Waals surface area contributed by atoms with Gasteiger partial charge in [-0.2, -0.15) is 0 Å². The fourth-order valence-corrected chi connectivity index (χ4v) is 12.6. The molecule has 0 fully saturated rings. The lowest BCUT2D eigenvalue weighted by Crippen LogP contribution is -2.45. The highest BCUT2D eigenvalue weighted by Gasteiger charge is 2.18. The number of allylic oxidation sites excluding steroid dienone is 5. The van der Waals surface area contributed by atoms with Crippen molar-refractivity contribution < 1.29 is 24.5 Å². The summed E-state index contributed by atoms with van der Waals surface area (Å²) in [5.41, 5.74) is 0. The molecule has 0 aromatic rings. The number of hydrogen-bond donors (Lipinski definition) is 3. The largest absolute Gasteiger partial charge is 0.466 e. The van der Waals surface area contributed by atoms with Crippen molar-refractivity contribution in [3.05, 3.63) is 36.5 Å². The van der Waals surface area contributed by atoms with Gasteiger partial charge in [0.15, 0.2) is 0 Å². The highest BCUT2D eigenvalue weighted by Crippen LogP contribution is 2.20. The molecule has 514 valence electrons. The minimum Gasteiger partial charge on any atom is -0.466 e. The SMILES string of the molecule is CCCCCCCCCCCCCCC/C=C/C(O)C(CO)NC(=O)CCCCCCCCCCCCCCCCCCC/C=C\C/C=C\CCCCCCCCCCCCCCCOC(=O)CCCCCCCCCCCCCCCCCCCC. The van der Waals surface area contributed by atoms with Gasteiger partial charge in [-0.05, 0) is 64.2 Å². The van der Waals surface area contributed by atoms with E-state index in [1.165, 1.54) is 372 Å². The third kappa shape index (κ3) is 73.0. The number of carbonyl (C=O) groups excluding carboxylic acids is 2. The summed E-state index contributed by atoms with van der Waals surface area (Å²) in [7, 11) is 0. The predicted molar refractivity (Wildman–Crippen MR) is 384 cm³/mol. The van der Waals surface area contributed by atoms with Crippen LogP contribution in [0.5, 0.6) is 0 Å². The van der Waals surface area contributed by atoms with E-state index in [1.807, 2.05) is 6.08 Å². The van der Waals surface area contributed by atoms with E-state index in [1.54, 1.807) is 6.08 Å². The molecule has 0 bridgehead atoms. The van der Waals surface area contributed by atoms with Crippen molar-refractivity contribution in [3.8, 4) is 0 Å². The van der Waals surface area contributed by atoms with Crippen LogP contribution in [0, 0.1) is 0 Å². The zero-order chi connectivity index (χ0) is 62.8. The number of amides is 1. The normalized spacial score (nSPS) is 12.6. The number of carbonyl (C=O) groups is 2. The van der Waals surface area contributed by atoms with Gasteiger partial charge in [0, 0.05) is 12.8 Å². The second-order valence-corrected chi connectivity index (χ2v) is 27.4. The van der Waals surface area contributed by atoms with E-state index in [0.717, 1.165) is 44.9 Å². The van der Waals surface area contributed by atoms with Gasteiger partial charge in [0.2, 0.25) is 5.91 Å². The Kier molecular flexibility index (Phi) is 74.8. The molecule has 0 saturated carbocycles. The molecule has 1 amide bonds. The number of rotatable bonds is 75. The first-order valence-corrected chi connectivity index (χ1v) is 39.8. The topological polar surface area (TPSA) is 95.9 Å². The van der Waals surface area contributed by atoms with Crippen LogP contribution >= 0.6 is 0 Å². The molecule has 3 N–H and O–H groups in total. The molecule has 87 heavy (non-hydrogen) atoms. The van der Waals surface area contributed by atoms with E-state index < -0.39 is 12.1 Å². The summed E-state index contributed by atoms with van der Waals surface area (Å²) in [6.45, 7) is 4.95. The molecule has 6 heteroatoms. The Labute approximate surface area is 544 Å². The second kappa shape index (κ2) is 76.5. The van der Waals surface area contributed by atoms with E-state index in [2.05, 4.69) is 43.5 Å². The van der Waals surface area contributed by atoms with Gasteiger partial charge in [0.05, 0.1) is 25.4 Å².